The second kappa shape index (κ2) is 6.40. The van der Waals surface area contributed by atoms with Crippen LogP contribution in [0, 0.1) is 5.92 Å². The summed E-state index contributed by atoms with van der Waals surface area (Å²) in [6, 6.07) is 0. The molecule has 0 aromatic heterocycles. The average Bonchev–Trinajstić information content (AvgIpc) is 2.03. The van der Waals surface area contributed by atoms with Gasteiger partial charge in [-0.05, 0) is 25.8 Å². The van der Waals surface area contributed by atoms with Gasteiger partial charge in [0.2, 0.25) is 0 Å². The van der Waals surface area contributed by atoms with Crippen LogP contribution in [0.3, 0.4) is 0 Å². The molecule has 4 heteroatoms. The minimum atomic E-state index is -2.87. The Kier molecular flexibility index (Phi) is 6.36. The topological polar surface area (TPSA) is 46.2 Å². The Bertz CT molecular complexity index is 235. The van der Waals surface area contributed by atoms with Crippen LogP contribution in [-0.2, 0) is 9.84 Å². The van der Waals surface area contributed by atoms with Gasteiger partial charge in [0.25, 0.3) is 0 Å². The zero-order valence-corrected chi connectivity index (χ0v) is 10.5. The van der Waals surface area contributed by atoms with Crippen LogP contribution in [-0.4, -0.2) is 32.5 Å². The molecule has 0 spiro atoms. The normalized spacial score (nSPS) is 14.6. The third-order valence-corrected chi connectivity index (χ3v) is 4.46. The largest absolute Gasteiger partial charge is 0.315 e. The van der Waals surface area contributed by atoms with Crippen LogP contribution < -0.4 is 5.32 Å². The van der Waals surface area contributed by atoms with Crippen LogP contribution in [0.4, 0.5) is 0 Å². The lowest BCUT2D eigenvalue weighted by Gasteiger charge is -2.14. The molecule has 0 bridgehead atoms. The molecule has 3 nitrogen and oxygen atoms in total. The van der Waals surface area contributed by atoms with Gasteiger partial charge in [-0.1, -0.05) is 20.8 Å². The molecule has 1 unspecified atom stereocenters. The highest BCUT2D eigenvalue weighted by molar-refractivity contribution is 7.92. The molecule has 0 aromatic rings. The SMILES string of the molecule is CCCS(=O)(=O)C(C)CNCC(C)C. The average molecular weight is 221 g/mol. The molecule has 0 aromatic carbocycles. The molecular formula is C10H23NO2S. The van der Waals surface area contributed by atoms with E-state index in [1.165, 1.54) is 0 Å². The van der Waals surface area contributed by atoms with Gasteiger partial charge in [0.1, 0.15) is 0 Å². The molecule has 0 fully saturated rings. The highest BCUT2D eigenvalue weighted by Crippen LogP contribution is 2.02. The van der Waals surface area contributed by atoms with Gasteiger partial charge in [-0.3, -0.25) is 0 Å². The molecular weight excluding hydrogens is 198 g/mol. The van der Waals surface area contributed by atoms with Crippen LogP contribution in [0.1, 0.15) is 34.1 Å². The maximum atomic E-state index is 11.6. The summed E-state index contributed by atoms with van der Waals surface area (Å²) in [6.07, 6.45) is 0.705. The third-order valence-electron chi connectivity index (χ3n) is 2.09. The van der Waals surface area contributed by atoms with Crippen molar-refractivity contribution in [1.29, 1.82) is 0 Å². The predicted octanol–water partition coefficient (Wildman–Crippen LogP) is 1.45. The van der Waals surface area contributed by atoms with Crippen molar-refractivity contribution >= 4 is 9.84 Å². The van der Waals surface area contributed by atoms with E-state index in [1.54, 1.807) is 6.92 Å². The van der Waals surface area contributed by atoms with Gasteiger partial charge in [-0.25, -0.2) is 8.42 Å². The molecule has 0 saturated carbocycles. The second-order valence-corrected chi connectivity index (χ2v) is 6.77. The van der Waals surface area contributed by atoms with E-state index in [-0.39, 0.29) is 5.25 Å². The highest BCUT2D eigenvalue weighted by atomic mass is 32.2. The molecule has 0 heterocycles. The van der Waals surface area contributed by atoms with Crippen LogP contribution in [0.25, 0.3) is 0 Å². The molecule has 1 atom stereocenters. The number of sulfone groups is 1. The Balaban J connectivity index is 3.89. The monoisotopic (exact) mass is 221 g/mol. The Labute approximate surface area is 88.2 Å². The van der Waals surface area contributed by atoms with Crippen molar-refractivity contribution in [2.75, 3.05) is 18.8 Å². The summed E-state index contributed by atoms with van der Waals surface area (Å²) in [5.74, 6) is 0.869. The van der Waals surface area contributed by atoms with E-state index in [0.717, 1.165) is 6.54 Å². The highest BCUT2D eigenvalue weighted by Gasteiger charge is 2.18. The Morgan fingerprint density at radius 3 is 2.14 bits per heavy atom. The Morgan fingerprint density at radius 2 is 1.71 bits per heavy atom. The Morgan fingerprint density at radius 1 is 1.14 bits per heavy atom. The van der Waals surface area contributed by atoms with E-state index in [9.17, 15) is 8.42 Å². The number of hydrogen-bond acceptors (Lipinski definition) is 3. The van der Waals surface area contributed by atoms with E-state index >= 15 is 0 Å². The first-order chi connectivity index (χ1) is 6.40. The van der Waals surface area contributed by atoms with Crippen molar-refractivity contribution < 1.29 is 8.42 Å². The summed E-state index contributed by atoms with van der Waals surface area (Å²) in [5.41, 5.74) is 0. The maximum absolute atomic E-state index is 11.6. The molecule has 0 rings (SSSR count). The zero-order chi connectivity index (χ0) is 11.2. The molecule has 14 heavy (non-hydrogen) atoms. The summed E-state index contributed by atoms with van der Waals surface area (Å²) >= 11 is 0. The summed E-state index contributed by atoms with van der Waals surface area (Å²) in [4.78, 5) is 0. The van der Waals surface area contributed by atoms with Crippen molar-refractivity contribution in [2.24, 2.45) is 5.92 Å². The lowest BCUT2D eigenvalue weighted by molar-refractivity contribution is 0.535. The lowest BCUT2D eigenvalue weighted by atomic mass is 10.2. The fraction of sp³-hybridized carbons (Fsp3) is 1.00. The lowest BCUT2D eigenvalue weighted by Crippen LogP contribution is -2.34. The van der Waals surface area contributed by atoms with E-state index in [2.05, 4.69) is 19.2 Å². The standard InChI is InChI=1S/C10H23NO2S/c1-5-6-14(12,13)10(4)8-11-7-9(2)3/h9-11H,5-8H2,1-4H3. The number of nitrogens with one attached hydrogen (secondary N) is 1. The molecule has 0 amide bonds. The van der Waals surface area contributed by atoms with Crippen LogP contribution >= 0.6 is 0 Å². The first-order valence-corrected chi connectivity index (χ1v) is 7.04. The molecule has 1 N–H and O–H groups in total. The van der Waals surface area contributed by atoms with E-state index in [0.29, 0.717) is 24.6 Å². The second-order valence-electron chi connectivity index (χ2n) is 4.23. The first-order valence-electron chi connectivity index (χ1n) is 5.32. The molecule has 0 aliphatic rings. The van der Waals surface area contributed by atoms with Crippen molar-refractivity contribution in [3.8, 4) is 0 Å². The molecule has 0 radical (unpaired) electrons. The predicted molar refractivity (Wildman–Crippen MR) is 61.2 cm³/mol. The van der Waals surface area contributed by atoms with Crippen LogP contribution in [0.5, 0.6) is 0 Å². The smallest absolute Gasteiger partial charge is 0.154 e. The minimum absolute atomic E-state index is 0.263. The molecule has 0 aliphatic heterocycles. The first kappa shape index (κ1) is 13.9. The van der Waals surface area contributed by atoms with Crippen LogP contribution in [0.15, 0.2) is 0 Å². The summed E-state index contributed by atoms with van der Waals surface area (Å²) in [6.45, 7) is 9.34. The summed E-state index contributed by atoms with van der Waals surface area (Å²) in [5, 5.41) is 2.91. The Hall–Kier alpha value is -0.0900. The van der Waals surface area contributed by atoms with Crippen molar-refractivity contribution in [3.63, 3.8) is 0 Å². The fourth-order valence-corrected chi connectivity index (χ4v) is 2.53. The van der Waals surface area contributed by atoms with Gasteiger partial charge in [-0.15, -0.1) is 0 Å². The van der Waals surface area contributed by atoms with Crippen molar-refractivity contribution in [3.05, 3.63) is 0 Å². The zero-order valence-electron chi connectivity index (χ0n) is 9.71. The number of hydrogen-bond donors (Lipinski definition) is 1. The van der Waals surface area contributed by atoms with Gasteiger partial charge in [0.15, 0.2) is 9.84 Å². The van der Waals surface area contributed by atoms with Crippen molar-refractivity contribution in [1.82, 2.24) is 5.32 Å². The van der Waals surface area contributed by atoms with E-state index < -0.39 is 9.84 Å². The quantitative estimate of drug-likeness (QED) is 0.707. The minimum Gasteiger partial charge on any atom is -0.315 e. The molecule has 0 saturated heterocycles. The maximum Gasteiger partial charge on any atom is 0.154 e. The van der Waals surface area contributed by atoms with Gasteiger partial charge in [0, 0.05) is 6.54 Å². The molecule has 86 valence electrons. The van der Waals surface area contributed by atoms with Crippen LogP contribution in [0.2, 0.25) is 0 Å². The van der Waals surface area contributed by atoms with Gasteiger partial charge < -0.3 is 5.32 Å². The van der Waals surface area contributed by atoms with Gasteiger partial charge >= 0.3 is 0 Å². The van der Waals surface area contributed by atoms with E-state index in [1.807, 2.05) is 6.92 Å². The molecule has 0 aliphatic carbocycles. The summed E-state index contributed by atoms with van der Waals surface area (Å²) < 4.78 is 23.1. The van der Waals surface area contributed by atoms with E-state index in [4.69, 9.17) is 0 Å². The van der Waals surface area contributed by atoms with Crippen molar-refractivity contribution in [2.45, 2.75) is 39.4 Å². The summed E-state index contributed by atoms with van der Waals surface area (Å²) in [7, 11) is -2.87. The van der Waals surface area contributed by atoms with Gasteiger partial charge in [0.05, 0.1) is 11.0 Å². The van der Waals surface area contributed by atoms with Gasteiger partial charge in [-0.2, -0.15) is 0 Å². The fourth-order valence-electron chi connectivity index (χ4n) is 1.19. The third kappa shape index (κ3) is 5.60. The number of rotatable bonds is 7.